The summed E-state index contributed by atoms with van der Waals surface area (Å²) in [5.41, 5.74) is 0.364. The van der Waals surface area contributed by atoms with Gasteiger partial charge in [-0.05, 0) is 49.9 Å². The van der Waals surface area contributed by atoms with Crippen LogP contribution in [0.15, 0.2) is 36.5 Å². The fourth-order valence-corrected chi connectivity index (χ4v) is 3.17. The van der Waals surface area contributed by atoms with Crippen molar-refractivity contribution >= 4 is 5.97 Å². The highest BCUT2D eigenvalue weighted by Gasteiger charge is 2.32. The van der Waals surface area contributed by atoms with Crippen LogP contribution in [0, 0.1) is 11.3 Å². The number of ether oxygens (including phenoxy) is 1. The van der Waals surface area contributed by atoms with Gasteiger partial charge in [-0.15, -0.1) is 0 Å². The Morgan fingerprint density at radius 2 is 1.95 bits per heavy atom. The number of esters is 1. The molecular formula is C17H24O2. The first-order chi connectivity index (χ1) is 9.24. The Morgan fingerprint density at radius 3 is 2.68 bits per heavy atom. The zero-order valence-corrected chi connectivity index (χ0v) is 11.8. The quantitative estimate of drug-likeness (QED) is 0.711. The van der Waals surface area contributed by atoms with Crippen LogP contribution >= 0.6 is 0 Å². The molecule has 0 bridgehead atoms. The van der Waals surface area contributed by atoms with Crippen molar-refractivity contribution in [2.45, 2.75) is 44.9 Å². The Morgan fingerprint density at radius 1 is 1.21 bits per heavy atom. The number of methoxy groups -OCH3 is 1. The molecule has 0 aliphatic heterocycles. The molecule has 0 aromatic carbocycles. The molecule has 1 spiro atoms. The van der Waals surface area contributed by atoms with E-state index in [2.05, 4.69) is 36.5 Å². The number of hydrogen-bond acceptors (Lipinski definition) is 2. The third kappa shape index (κ3) is 4.09. The highest BCUT2D eigenvalue weighted by molar-refractivity contribution is 5.69. The van der Waals surface area contributed by atoms with Gasteiger partial charge < -0.3 is 4.74 Å². The maximum atomic E-state index is 11.2. The molecule has 19 heavy (non-hydrogen) atoms. The minimum atomic E-state index is -0.0702. The molecule has 0 aromatic rings. The Kier molecular flexibility index (Phi) is 5.00. The second kappa shape index (κ2) is 6.74. The molecule has 0 N–H and O–H groups in total. The zero-order chi connectivity index (χ0) is 13.6. The molecule has 104 valence electrons. The lowest BCUT2D eigenvalue weighted by molar-refractivity contribution is -0.141. The summed E-state index contributed by atoms with van der Waals surface area (Å²) in [5, 5.41) is 0. The number of hydrogen-bond donors (Lipinski definition) is 0. The third-order valence-corrected chi connectivity index (χ3v) is 4.53. The van der Waals surface area contributed by atoms with E-state index in [9.17, 15) is 4.79 Å². The van der Waals surface area contributed by atoms with Gasteiger partial charge >= 0.3 is 5.97 Å². The van der Waals surface area contributed by atoms with Crippen LogP contribution in [0.5, 0.6) is 0 Å². The van der Waals surface area contributed by atoms with Gasteiger partial charge in [-0.3, -0.25) is 4.79 Å². The topological polar surface area (TPSA) is 26.3 Å². The van der Waals surface area contributed by atoms with Crippen molar-refractivity contribution in [2.75, 3.05) is 7.11 Å². The van der Waals surface area contributed by atoms with Gasteiger partial charge in [0.1, 0.15) is 0 Å². The highest BCUT2D eigenvalue weighted by atomic mass is 16.5. The van der Waals surface area contributed by atoms with Crippen molar-refractivity contribution in [3.8, 4) is 0 Å². The van der Waals surface area contributed by atoms with Crippen LogP contribution in [0.25, 0.3) is 0 Å². The van der Waals surface area contributed by atoms with Gasteiger partial charge in [-0.1, -0.05) is 36.5 Å². The summed E-state index contributed by atoms with van der Waals surface area (Å²) in [4.78, 5) is 11.2. The average Bonchev–Trinajstić information content (AvgIpc) is 2.42. The lowest BCUT2D eigenvalue weighted by atomic mass is 9.67. The number of rotatable bonds is 3. The minimum absolute atomic E-state index is 0.0702. The van der Waals surface area contributed by atoms with Crippen LogP contribution in [0.2, 0.25) is 0 Å². The monoisotopic (exact) mass is 260 g/mol. The van der Waals surface area contributed by atoms with E-state index in [0.717, 1.165) is 12.8 Å². The van der Waals surface area contributed by atoms with E-state index in [1.807, 2.05) is 0 Å². The molecular weight excluding hydrogens is 236 g/mol. The summed E-state index contributed by atoms with van der Waals surface area (Å²) in [6, 6.07) is 0. The van der Waals surface area contributed by atoms with Crippen LogP contribution in [0.4, 0.5) is 0 Å². The summed E-state index contributed by atoms with van der Waals surface area (Å²) < 4.78 is 4.71. The number of carbonyl (C=O) groups is 1. The smallest absolute Gasteiger partial charge is 0.305 e. The Labute approximate surface area is 116 Å². The second-order valence-electron chi connectivity index (χ2n) is 5.80. The molecule has 1 fully saturated rings. The molecule has 2 nitrogen and oxygen atoms in total. The van der Waals surface area contributed by atoms with Crippen molar-refractivity contribution < 1.29 is 9.53 Å². The van der Waals surface area contributed by atoms with Crippen molar-refractivity contribution in [2.24, 2.45) is 11.3 Å². The highest BCUT2D eigenvalue weighted by Crippen LogP contribution is 2.44. The maximum absolute atomic E-state index is 11.2. The molecule has 2 rings (SSSR count). The van der Waals surface area contributed by atoms with Gasteiger partial charge in [0.05, 0.1) is 7.11 Å². The molecule has 0 radical (unpaired) electrons. The lowest BCUT2D eigenvalue weighted by Gasteiger charge is -2.38. The summed E-state index contributed by atoms with van der Waals surface area (Å²) in [6.45, 7) is 0. The lowest BCUT2D eigenvalue weighted by Crippen LogP contribution is -2.25. The fourth-order valence-electron chi connectivity index (χ4n) is 3.17. The van der Waals surface area contributed by atoms with Gasteiger partial charge in [-0.2, -0.15) is 0 Å². The van der Waals surface area contributed by atoms with E-state index in [4.69, 9.17) is 4.74 Å². The first kappa shape index (κ1) is 14.1. The molecule has 0 aromatic heterocycles. The van der Waals surface area contributed by atoms with Crippen molar-refractivity contribution in [1.29, 1.82) is 0 Å². The molecule has 2 aliphatic rings. The Hall–Kier alpha value is -1.31. The Bertz CT molecular complexity index is 382. The second-order valence-corrected chi connectivity index (χ2v) is 5.80. The number of carbonyl (C=O) groups excluding carboxylic acids is 1. The van der Waals surface area contributed by atoms with E-state index in [0.29, 0.717) is 17.8 Å². The van der Waals surface area contributed by atoms with Gasteiger partial charge in [0, 0.05) is 6.42 Å². The third-order valence-electron chi connectivity index (χ3n) is 4.53. The van der Waals surface area contributed by atoms with Gasteiger partial charge in [-0.25, -0.2) is 0 Å². The van der Waals surface area contributed by atoms with E-state index >= 15 is 0 Å². The first-order valence-electron chi connectivity index (χ1n) is 7.32. The maximum Gasteiger partial charge on any atom is 0.305 e. The molecule has 0 heterocycles. The normalized spacial score (nSPS) is 35.1. The zero-order valence-electron chi connectivity index (χ0n) is 11.8. The molecule has 0 amide bonds. The Balaban J connectivity index is 1.84. The predicted octanol–water partition coefficient (Wildman–Crippen LogP) is 4.19. The largest absolute Gasteiger partial charge is 0.469 e. The summed E-state index contributed by atoms with van der Waals surface area (Å²) in [5.74, 6) is 0.627. The molecule has 2 aliphatic carbocycles. The summed E-state index contributed by atoms with van der Waals surface area (Å²) >= 11 is 0. The molecule has 0 saturated heterocycles. The van der Waals surface area contributed by atoms with E-state index < -0.39 is 0 Å². The number of allylic oxidation sites excluding steroid dienone is 6. The summed E-state index contributed by atoms with van der Waals surface area (Å²) in [6.07, 6.45) is 20.9. The van der Waals surface area contributed by atoms with Crippen LogP contribution in [-0.4, -0.2) is 13.1 Å². The van der Waals surface area contributed by atoms with Crippen molar-refractivity contribution in [3.05, 3.63) is 36.5 Å². The van der Waals surface area contributed by atoms with Crippen LogP contribution in [-0.2, 0) is 9.53 Å². The average molecular weight is 260 g/mol. The van der Waals surface area contributed by atoms with E-state index in [1.54, 1.807) is 0 Å². The standard InChI is InChI=1S/C17H24O2/c1-19-16(18)8-7-15-9-13-17(14-10-15)11-5-3-2-4-6-12-17/h2-6,11,15H,7-10,12-14H2,1H3/b3-2-,6-4-,11-5+. The molecule has 0 atom stereocenters. The van der Waals surface area contributed by atoms with Crippen molar-refractivity contribution in [3.63, 3.8) is 0 Å². The van der Waals surface area contributed by atoms with Gasteiger partial charge in [0.15, 0.2) is 0 Å². The van der Waals surface area contributed by atoms with Gasteiger partial charge in [0.2, 0.25) is 0 Å². The van der Waals surface area contributed by atoms with Crippen LogP contribution < -0.4 is 0 Å². The van der Waals surface area contributed by atoms with Crippen molar-refractivity contribution in [1.82, 2.24) is 0 Å². The van der Waals surface area contributed by atoms with Gasteiger partial charge in [0.25, 0.3) is 0 Å². The fraction of sp³-hybridized carbons (Fsp3) is 0.588. The van der Waals surface area contributed by atoms with E-state index in [1.165, 1.54) is 32.8 Å². The van der Waals surface area contributed by atoms with Crippen LogP contribution in [0.1, 0.15) is 44.9 Å². The SMILES string of the molecule is COC(=O)CCC1CCC2(/C=C/C=C\C=C/C2)CC1. The first-order valence-corrected chi connectivity index (χ1v) is 7.32. The minimum Gasteiger partial charge on any atom is -0.469 e. The molecule has 2 heteroatoms. The predicted molar refractivity (Wildman–Crippen MR) is 77.7 cm³/mol. The molecule has 0 unspecified atom stereocenters. The van der Waals surface area contributed by atoms with Crippen LogP contribution in [0.3, 0.4) is 0 Å². The van der Waals surface area contributed by atoms with E-state index in [-0.39, 0.29) is 5.97 Å². The summed E-state index contributed by atoms with van der Waals surface area (Å²) in [7, 11) is 1.47. The molecule has 1 saturated carbocycles.